The van der Waals surface area contributed by atoms with Crippen molar-refractivity contribution in [2.45, 2.75) is 38.1 Å². The zero-order valence-electron chi connectivity index (χ0n) is 15.2. The molecule has 2 aliphatic rings. The Morgan fingerprint density at radius 3 is 2.81 bits per heavy atom. The number of aromatic nitrogens is 1. The first-order valence-electron chi connectivity index (χ1n) is 9.26. The van der Waals surface area contributed by atoms with Crippen LogP contribution in [0.3, 0.4) is 0 Å². The van der Waals surface area contributed by atoms with Crippen LogP contribution in [-0.4, -0.2) is 39.8 Å². The van der Waals surface area contributed by atoms with E-state index in [-0.39, 0.29) is 12.5 Å². The lowest BCUT2D eigenvalue weighted by Crippen LogP contribution is -2.49. The van der Waals surface area contributed by atoms with Gasteiger partial charge in [-0.15, -0.1) is 0 Å². The number of urea groups is 1. The molecule has 1 aliphatic carbocycles. The second-order valence-corrected chi connectivity index (χ2v) is 7.55. The van der Waals surface area contributed by atoms with Gasteiger partial charge >= 0.3 is 6.03 Å². The van der Waals surface area contributed by atoms with Gasteiger partial charge in [0.15, 0.2) is 0 Å². The first kappa shape index (κ1) is 17.5. The Hall–Kier alpha value is -2.96. The van der Waals surface area contributed by atoms with Gasteiger partial charge < -0.3 is 10.6 Å². The van der Waals surface area contributed by atoms with Gasteiger partial charge in [-0.1, -0.05) is 25.1 Å². The van der Waals surface area contributed by atoms with Crippen molar-refractivity contribution in [3.8, 4) is 0 Å². The lowest BCUT2D eigenvalue weighted by Gasteiger charge is -2.33. The molecular weight excluding hydrogens is 344 g/mol. The fourth-order valence-corrected chi connectivity index (χ4v) is 3.90. The average Bonchev–Trinajstić information content (AvgIpc) is 2.88. The van der Waals surface area contributed by atoms with E-state index in [1.165, 1.54) is 0 Å². The molecule has 1 spiro atoms. The van der Waals surface area contributed by atoms with Gasteiger partial charge in [-0.3, -0.25) is 19.5 Å². The highest BCUT2D eigenvalue weighted by Gasteiger charge is 2.52. The summed E-state index contributed by atoms with van der Waals surface area (Å²) in [4.78, 5) is 42.8. The Morgan fingerprint density at radius 2 is 2.04 bits per heavy atom. The van der Waals surface area contributed by atoms with E-state index in [0.29, 0.717) is 24.4 Å². The average molecular weight is 366 g/mol. The molecule has 1 saturated carbocycles. The maximum atomic E-state index is 12.8. The second-order valence-electron chi connectivity index (χ2n) is 7.55. The van der Waals surface area contributed by atoms with Crippen LogP contribution >= 0.6 is 0 Å². The van der Waals surface area contributed by atoms with Gasteiger partial charge in [0.1, 0.15) is 12.1 Å². The highest BCUT2D eigenvalue weighted by Crippen LogP contribution is 2.36. The first-order valence-corrected chi connectivity index (χ1v) is 9.26. The van der Waals surface area contributed by atoms with E-state index >= 15 is 0 Å². The molecule has 2 fully saturated rings. The number of nitrogens with zero attached hydrogens (tertiary/aromatic N) is 2. The molecule has 140 valence electrons. The molecule has 4 amide bonds. The Balaban J connectivity index is 1.44. The third-order valence-corrected chi connectivity index (χ3v) is 5.55. The van der Waals surface area contributed by atoms with Crippen molar-refractivity contribution in [3.05, 3.63) is 36.5 Å². The van der Waals surface area contributed by atoms with Crippen LogP contribution in [0.4, 0.5) is 10.5 Å². The molecule has 7 nitrogen and oxygen atoms in total. The maximum Gasteiger partial charge on any atom is 0.325 e. The Kier molecular flexibility index (Phi) is 4.30. The molecule has 7 heteroatoms. The van der Waals surface area contributed by atoms with E-state index in [1.54, 1.807) is 6.20 Å². The van der Waals surface area contributed by atoms with Gasteiger partial charge in [0.05, 0.1) is 17.4 Å². The van der Waals surface area contributed by atoms with E-state index in [0.717, 1.165) is 28.6 Å². The second kappa shape index (κ2) is 6.64. The van der Waals surface area contributed by atoms with Gasteiger partial charge in [-0.05, 0) is 43.7 Å². The number of fused-ring (bicyclic) bond motifs is 1. The van der Waals surface area contributed by atoms with Gasteiger partial charge in [0.2, 0.25) is 5.91 Å². The van der Waals surface area contributed by atoms with Crippen molar-refractivity contribution in [1.82, 2.24) is 15.2 Å². The summed E-state index contributed by atoms with van der Waals surface area (Å²) in [7, 11) is 0. The van der Waals surface area contributed by atoms with Crippen molar-refractivity contribution in [2.75, 3.05) is 11.9 Å². The molecule has 1 aromatic heterocycles. The van der Waals surface area contributed by atoms with Crippen LogP contribution in [0.1, 0.15) is 32.6 Å². The Bertz CT molecular complexity index is 918. The quantitative estimate of drug-likeness (QED) is 0.817. The normalized spacial score (nSPS) is 25.1. The molecule has 0 bridgehead atoms. The third-order valence-electron chi connectivity index (χ3n) is 5.55. The van der Waals surface area contributed by atoms with Crippen LogP contribution in [0.15, 0.2) is 36.5 Å². The number of pyridine rings is 1. The molecule has 0 atom stereocenters. The molecule has 0 radical (unpaired) electrons. The number of nitrogens with one attached hydrogen (secondary N) is 2. The predicted octanol–water partition coefficient (Wildman–Crippen LogP) is 2.67. The number of imide groups is 1. The van der Waals surface area contributed by atoms with Crippen LogP contribution in [-0.2, 0) is 9.59 Å². The summed E-state index contributed by atoms with van der Waals surface area (Å²) in [5.74, 6) is -0.152. The van der Waals surface area contributed by atoms with Gasteiger partial charge in [-0.2, -0.15) is 0 Å². The standard InChI is InChI=1S/C20H22N4O3/c1-13-6-8-20(9-7-13)18(26)24(19(27)23-20)12-17(25)22-15-10-14-4-2-3-5-16(14)21-11-15/h2-5,10-11,13H,6-9,12H2,1H3,(H,22,25)(H,23,27). The minimum absolute atomic E-state index is 0.286. The number of benzene rings is 1. The fraction of sp³-hybridized carbons (Fsp3) is 0.400. The topological polar surface area (TPSA) is 91.4 Å². The molecular formula is C20H22N4O3. The van der Waals surface area contributed by atoms with Crippen LogP contribution in [0.2, 0.25) is 0 Å². The summed E-state index contributed by atoms with van der Waals surface area (Å²) < 4.78 is 0. The maximum absolute atomic E-state index is 12.8. The fourth-order valence-electron chi connectivity index (χ4n) is 3.90. The lowest BCUT2D eigenvalue weighted by atomic mass is 9.77. The molecule has 1 aliphatic heterocycles. The van der Waals surface area contributed by atoms with Crippen molar-refractivity contribution >= 4 is 34.4 Å². The molecule has 1 saturated heterocycles. The number of hydrogen-bond acceptors (Lipinski definition) is 4. The number of anilines is 1. The van der Waals surface area contributed by atoms with Crippen molar-refractivity contribution in [3.63, 3.8) is 0 Å². The molecule has 2 aromatic rings. The minimum atomic E-state index is -0.825. The monoisotopic (exact) mass is 366 g/mol. The van der Waals surface area contributed by atoms with Gasteiger partial charge in [0, 0.05) is 5.39 Å². The van der Waals surface area contributed by atoms with Crippen LogP contribution in [0.5, 0.6) is 0 Å². The molecule has 2 heterocycles. The summed E-state index contributed by atoms with van der Waals surface area (Å²) in [5, 5.41) is 6.46. The molecule has 0 unspecified atom stereocenters. The van der Waals surface area contributed by atoms with Crippen molar-refractivity contribution < 1.29 is 14.4 Å². The molecule has 2 N–H and O–H groups in total. The highest BCUT2D eigenvalue weighted by atomic mass is 16.2. The number of para-hydroxylation sites is 1. The summed E-state index contributed by atoms with van der Waals surface area (Å²) >= 11 is 0. The third kappa shape index (κ3) is 3.25. The number of carbonyl (C=O) groups excluding carboxylic acids is 3. The smallest absolute Gasteiger partial charge is 0.323 e. The van der Waals surface area contributed by atoms with Gasteiger partial charge in [0.25, 0.3) is 5.91 Å². The number of rotatable bonds is 3. The Labute approximate surface area is 157 Å². The van der Waals surface area contributed by atoms with E-state index in [2.05, 4.69) is 22.5 Å². The van der Waals surface area contributed by atoms with E-state index < -0.39 is 17.5 Å². The van der Waals surface area contributed by atoms with E-state index in [9.17, 15) is 14.4 Å². The van der Waals surface area contributed by atoms with Gasteiger partial charge in [-0.25, -0.2) is 4.79 Å². The van der Waals surface area contributed by atoms with E-state index in [1.807, 2.05) is 30.3 Å². The van der Waals surface area contributed by atoms with Crippen LogP contribution < -0.4 is 10.6 Å². The Morgan fingerprint density at radius 1 is 1.30 bits per heavy atom. The summed E-state index contributed by atoms with van der Waals surface area (Å²) in [6, 6.07) is 8.92. The summed E-state index contributed by atoms with van der Waals surface area (Å²) in [5.41, 5.74) is 0.541. The number of amides is 4. The minimum Gasteiger partial charge on any atom is -0.323 e. The number of carbonyl (C=O) groups is 3. The summed E-state index contributed by atoms with van der Waals surface area (Å²) in [6.07, 6.45) is 4.62. The zero-order valence-corrected chi connectivity index (χ0v) is 15.2. The zero-order chi connectivity index (χ0) is 19.0. The predicted molar refractivity (Wildman–Crippen MR) is 101 cm³/mol. The molecule has 27 heavy (non-hydrogen) atoms. The largest absolute Gasteiger partial charge is 0.325 e. The lowest BCUT2D eigenvalue weighted by molar-refractivity contribution is -0.135. The van der Waals surface area contributed by atoms with E-state index in [4.69, 9.17) is 0 Å². The van der Waals surface area contributed by atoms with Crippen molar-refractivity contribution in [2.24, 2.45) is 5.92 Å². The number of hydrogen-bond donors (Lipinski definition) is 2. The van der Waals surface area contributed by atoms with Crippen LogP contribution in [0, 0.1) is 5.92 Å². The van der Waals surface area contributed by atoms with Crippen molar-refractivity contribution in [1.29, 1.82) is 0 Å². The highest BCUT2D eigenvalue weighted by molar-refractivity contribution is 6.10. The van der Waals surface area contributed by atoms with Crippen LogP contribution in [0.25, 0.3) is 10.9 Å². The summed E-state index contributed by atoms with van der Waals surface area (Å²) in [6.45, 7) is 1.85. The SMILES string of the molecule is CC1CCC2(CC1)NC(=O)N(CC(=O)Nc1cnc3ccccc3c1)C2=O. The molecule has 4 rings (SSSR count). The first-order chi connectivity index (χ1) is 13.0. The molecule has 1 aromatic carbocycles.